The average molecular weight is 523 g/mol. The number of hydrogen-bond donors (Lipinski definition) is 2. The summed E-state index contributed by atoms with van der Waals surface area (Å²) in [5.74, 6) is -1.27. The molecule has 1 heterocycles. The maximum atomic E-state index is 13.3. The number of phenols is 1. The second-order valence-corrected chi connectivity index (χ2v) is 9.92. The van der Waals surface area contributed by atoms with Crippen LogP contribution in [0.5, 0.6) is 11.5 Å². The molecule has 206 valence electrons. The van der Waals surface area contributed by atoms with Crippen molar-refractivity contribution in [2.75, 3.05) is 32.8 Å². The number of ketones is 1. The summed E-state index contributed by atoms with van der Waals surface area (Å²) in [5.41, 5.74) is 2.16. The van der Waals surface area contributed by atoms with Gasteiger partial charge in [0.05, 0.1) is 18.2 Å². The molecule has 2 aromatic carbocycles. The van der Waals surface area contributed by atoms with Crippen molar-refractivity contribution in [1.29, 1.82) is 0 Å². The van der Waals surface area contributed by atoms with Gasteiger partial charge >= 0.3 is 0 Å². The highest BCUT2D eigenvalue weighted by atomic mass is 16.5. The van der Waals surface area contributed by atoms with Crippen LogP contribution >= 0.6 is 0 Å². The minimum atomic E-state index is -0.782. The predicted molar refractivity (Wildman–Crippen MR) is 150 cm³/mol. The number of carbonyl (C=O) groups excluding carboxylic acids is 2. The van der Waals surface area contributed by atoms with E-state index >= 15 is 0 Å². The SMILES string of the molecule is CCCCN(CCCC)CCCN1C(=O)C(=O)/C(=C(\O)c2ccc(C)cc2)C1c1ccc(O)c(OCC)c1. The number of carbonyl (C=O) groups is 2. The van der Waals surface area contributed by atoms with Gasteiger partial charge in [-0.1, -0.05) is 62.6 Å². The number of amides is 1. The fraction of sp³-hybridized carbons (Fsp3) is 0.484. The quantitative estimate of drug-likeness (QED) is 0.185. The van der Waals surface area contributed by atoms with Crippen molar-refractivity contribution >= 4 is 17.4 Å². The van der Waals surface area contributed by atoms with Crippen LogP contribution in [0.25, 0.3) is 5.76 Å². The zero-order valence-corrected chi connectivity index (χ0v) is 23.2. The molecular weight excluding hydrogens is 480 g/mol. The smallest absolute Gasteiger partial charge is 0.295 e. The Labute approximate surface area is 226 Å². The number of aromatic hydroxyl groups is 1. The van der Waals surface area contributed by atoms with Crippen molar-refractivity contribution in [3.05, 3.63) is 64.7 Å². The molecule has 0 spiro atoms. The Kier molecular flexibility index (Phi) is 10.8. The molecule has 38 heavy (non-hydrogen) atoms. The minimum absolute atomic E-state index is 0.0198. The molecule has 0 bridgehead atoms. The maximum absolute atomic E-state index is 13.3. The first-order chi connectivity index (χ1) is 18.3. The standard InChI is InChI=1S/C31H42N2O5/c1-5-8-17-32(18-9-6-2)19-10-20-33-28(24-15-16-25(34)26(21-24)38-7-3)27(30(36)31(33)37)29(35)23-13-11-22(4)12-14-23/h11-16,21,28,34-35H,5-10,17-20H2,1-4H3/b29-27-. The lowest BCUT2D eigenvalue weighted by Gasteiger charge is -2.28. The third kappa shape index (κ3) is 6.95. The van der Waals surface area contributed by atoms with E-state index in [2.05, 4.69) is 18.7 Å². The summed E-state index contributed by atoms with van der Waals surface area (Å²) < 4.78 is 5.58. The van der Waals surface area contributed by atoms with Gasteiger partial charge in [-0.05, 0) is 70.4 Å². The van der Waals surface area contributed by atoms with Crippen molar-refractivity contribution in [3.63, 3.8) is 0 Å². The van der Waals surface area contributed by atoms with Crippen LogP contribution in [0.1, 0.15) is 75.6 Å². The molecule has 0 aliphatic carbocycles. The lowest BCUT2D eigenvalue weighted by atomic mass is 9.94. The Morgan fingerprint density at radius 3 is 2.18 bits per heavy atom. The average Bonchev–Trinajstić information content (AvgIpc) is 3.16. The molecule has 3 rings (SSSR count). The van der Waals surface area contributed by atoms with E-state index in [1.165, 1.54) is 6.07 Å². The largest absolute Gasteiger partial charge is 0.507 e. The van der Waals surface area contributed by atoms with Gasteiger partial charge in [0.2, 0.25) is 0 Å². The van der Waals surface area contributed by atoms with Gasteiger partial charge in [0.1, 0.15) is 5.76 Å². The number of benzene rings is 2. The molecule has 7 heteroatoms. The van der Waals surface area contributed by atoms with Crippen molar-refractivity contribution in [2.24, 2.45) is 0 Å². The number of rotatable bonds is 14. The van der Waals surface area contributed by atoms with Crippen LogP contribution < -0.4 is 4.74 Å². The number of hydrogen-bond acceptors (Lipinski definition) is 6. The molecular formula is C31H42N2O5. The molecule has 2 aromatic rings. The Morgan fingerprint density at radius 2 is 1.58 bits per heavy atom. The number of aliphatic hydroxyl groups excluding tert-OH is 1. The van der Waals surface area contributed by atoms with E-state index in [1.807, 2.05) is 26.0 Å². The third-order valence-electron chi connectivity index (χ3n) is 6.99. The van der Waals surface area contributed by atoms with E-state index in [4.69, 9.17) is 4.74 Å². The third-order valence-corrected chi connectivity index (χ3v) is 6.99. The van der Waals surface area contributed by atoms with E-state index in [1.54, 1.807) is 29.2 Å². The van der Waals surface area contributed by atoms with Crippen molar-refractivity contribution < 1.29 is 24.5 Å². The summed E-state index contributed by atoms with van der Waals surface area (Å²) in [6, 6.07) is 11.3. The molecule has 1 fully saturated rings. The highest BCUT2D eigenvalue weighted by Crippen LogP contribution is 2.41. The number of aryl methyl sites for hydroxylation is 1. The van der Waals surface area contributed by atoms with Gasteiger partial charge in [0.25, 0.3) is 11.7 Å². The number of Topliss-reactive ketones (excluding diaryl/α,β-unsaturated/α-hetero) is 1. The summed E-state index contributed by atoms with van der Waals surface area (Å²) in [6.45, 7) is 11.7. The van der Waals surface area contributed by atoms with Gasteiger partial charge < -0.3 is 24.7 Å². The summed E-state index contributed by atoms with van der Waals surface area (Å²) in [4.78, 5) is 30.6. The number of likely N-dealkylation sites (tertiary alicyclic amines) is 1. The first-order valence-corrected chi connectivity index (χ1v) is 13.9. The van der Waals surface area contributed by atoms with Gasteiger partial charge in [0.15, 0.2) is 11.5 Å². The minimum Gasteiger partial charge on any atom is -0.507 e. The van der Waals surface area contributed by atoms with Crippen LogP contribution in [0.2, 0.25) is 0 Å². The fourth-order valence-corrected chi connectivity index (χ4v) is 4.86. The van der Waals surface area contributed by atoms with Crippen LogP contribution in [0.15, 0.2) is 48.0 Å². The molecule has 7 nitrogen and oxygen atoms in total. The molecule has 1 saturated heterocycles. The number of unbranched alkanes of at least 4 members (excludes halogenated alkanes) is 2. The summed E-state index contributed by atoms with van der Waals surface area (Å²) in [6.07, 6.45) is 5.20. The van der Waals surface area contributed by atoms with Gasteiger partial charge in [0, 0.05) is 12.1 Å². The molecule has 0 aromatic heterocycles. The lowest BCUT2D eigenvalue weighted by molar-refractivity contribution is -0.140. The highest BCUT2D eigenvalue weighted by Gasteiger charge is 2.46. The lowest BCUT2D eigenvalue weighted by Crippen LogP contribution is -2.34. The monoisotopic (exact) mass is 522 g/mol. The first-order valence-electron chi connectivity index (χ1n) is 13.9. The van der Waals surface area contributed by atoms with Crippen LogP contribution in [-0.2, 0) is 9.59 Å². The predicted octanol–water partition coefficient (Wildman–Crippen LogP) is 5.81. The van der Waals surface area contributed by atoms with Gasteiger partial charge in [-0.15, -0.1) is 0 Å². The maximum Gasteiger partial charge on any atom is 0.295 e. The number of ether oxygens (including phenoxy) is 1. The van der Waals surface area contributed by atoms with Crippen molar-refractivity contribution in [2.45, 2.75) is 65.8 Å². The molecule has 1 aliphatic heterocycles. The van der Waals surface area contributed by atoms with E-state index in [9.17, 15) is 19.8 Å². The second kappa shape index (κ2) is 14.0. The molecule has 1 amide bonds. The summed E-state index contributed by atoms with van der Waals surface area (Å²) in [7, 11) is 0. The molecule has 1 unspecified atom stereocenters. The molecule has 0 radical (unpaired) electrons. The topological polar surface area (TPSA) is 90.3 Å². The Morgan fingerprint density at radius 1 is 0.947 bits per heavy atom. The zero-order valence-electron chi connectivity index (χ0n) is 23.2. The van der Waals surface area contributed by atoms with Crippen LogP contribution in [0, 0.1) is 6.92 Å². The number of nitrogens with zero attached hydrogens (tertiary/aromatic N) is 2. The van der Waals surface area contributed by atoms with E-state index in [0.29, 0.717) is 30.7 Å². The van der Waals surface area contributed by atoms with Gasteiger partial charge in [-0.3, -0.25) is 9.59 Å². The summed E-state index contributed by atoms with van der Waals surface area (Å²) in [5, 5.41) is 21.5. The fourth-order valence-electron chi connectivity index (χ4n) is 4.86. The normalized spacial score (nSPS) is 17.0. The Bertz CT molecular complexity index is 1120. The second-order valence-electron chi connectivity index (χ2n) is 9.92. The Balaban J connectivity index is 1.98. The van der Waals surface area contributed by atoms with E-state index < -0.39 is 17.7 Å². The molecule has 0 saturated carbocycles. The zero-order chi connectivity index (χ0) is 27.7. The van der Waals surface area contributed by atoms with Crippen LogP contribution in [0.3, 0.4) is 0 Å². The van der Waals surface area contributed by atoms with E-state index in [-0.39, 0.29) is 22.8 Å². The molecule has 2 N–H and O–H groups in total. The van der Waals surface area contributed by atoms with Crippen LogP contribution in [0.4, 0.5) is 0 Å². The van der Waals surface area contributed by atoms with Crippen LogP contribution in [-0.4, -0.2) is 64.5 Å². The Hall–Kier alpha value is -3.32. The van der Waals surface area contributed by atoms with Gasteiger partial charge in [-0.2, -0.15) is 0 Å². The van der Waals surface area contributed by atoms with Crippen molar-refractivity contribution in [3.8, 4) is 11.5 Å². The summed E-state index contributed by atoms with van der Waals surface area (Å²) >= 11 is 0. The highest BCUT2D eigenvalue weighted by molar-refractivity contribution is 6.46. The van der Waals surface area contributed by atoms with E-state index in [0.717, 1.165) is 50.9 Å². The molecule has 1 aliphatic rings. The van der Waals surface area contributed by atoms with Gasteiger partial charge in [-0.25, -0.2) is 0 Å². The first kappa shape index (κ1) is 29.2. The molecule has 1 atom stereocenters. The number of aliphatic hydroxyl groups is 1. The number of phenolic OH excluding ortho intramolecular Hbond substituents is 1. The van der Waals surface area contributed by atoms with Crippen molar-refractivity contribution in [1.82, 2.24) is 9.80 Å².